The number of carboxylic acid groups (broad SMARTS) is 1. The van der Waals surface area contributed by atoms with Gasteiger partial charge in [-0.25, -0.2) is 4.79 Å². The van der Waals surface area contributed by atoms with Gasteiger partial charge in [0.15, 0.2) is 0 Å². The van der Waals surface area contributed by atoms with Crippen LogP contribution < -0.4 is 5.32 Å². The van der Waals surface area contributed by atoms with Crippen molar-refractivity contribution in [2.45, 2.75) is 25.0 Å². The second-order valence-corrected chi connectivity index (χ2v) is 6.96. The summed E-state index contributed by atoms with van der Waals surface area (Å²) in [7, 11) is 0. The van der Waals surface area contributed by atoms with Gasteiger partial charge >= 0.3 is 5.97 Å². The van der Waals surface area contributed by atoms with Crippen LogP contribution in [0.4, 0.5) is 0 Å². The molecular weight excluding hydrogens is 398 g/mol. The smallest absolute Gasteiger partial charge is 0.356 e. The van der Waals surface area contributed by atoms with Gasteiger partial charge in [-0.2, -0.15) is 0 Å². The molecule has 5 heteroatoms. The number of halogens is 1. The van der Waals surface area contributed by atoms with Crippen molar-refractivity contribution >= 4 is 18.4 Å². The van der Waals surface area contributed by atoms with Crippen molar-refractivity contribution in [2.75, 3.05) is 13.2 Å². The highest BCUT2D eigenvalue weighted by Gasteiger charge is 2.42. The molecule has 2 N–H and O–H groups in total. The lowest BCUT2D eigenvalue weighted by Gasteiger charge is -2.33. The number of rotatable bonds is 10. The van der Waals surface area contributed by atoms with Crippen LogP contribution in [0.1, 0.15) is 36.0 Å². The summed E-state index contributed by atoms with van der Waals surface area (Å²) in [4.78, 5) is 12.4. The number of carbonyl (C=O) groups is 1. The molecule has 0 aliphatic carbocycles. The molecule has 1 unspecified atom stereocenters. The van der Waals surface area contributed by atoms with E-state index < -0.39 is 11.7 Å². The Kier molecular flexibility index (Phi) is 9.06. The average Bonchev–Trinajstić information content (AvgIpc) is 2.78. The average molecular weight is 426 g/mol. The number of benzene rings is 3. The molecule has 0 bridgehead atoms. The number of hydrogen-bond acceptors (Lipinski definition) is 3. The predicted octanol–water partition coefficient (Wildman–Crippen LogP) is 5.19. The van der Waals surface area contributed by atoms with Crippen molar-refractivity contribution in [1.29, 1.82) is 0 Å². The maximum absolute atomic E-state index is 12.4. The highest BCUT2D eigenvalue weighted by Crippen LogP contribution is 2.28. The lowest BCUT2D eigenvalue weighted by molar-refractivity contribution is -0.174. The minimum absolute atomic E-state index is 0. The van der Waals surface area contributed by atoms with Crippen LogP contribution in [0.25, 0.3) is 0 Å². The first-order valence-corrected chi connectivity index (χ1v) is 9.95. The number of hydrogen-bond donors (Lipinski definition) is 2. The van der Waals surface area contributed by atoms with Crippen molar-refractivity contribution < 1.29 is 14.6 Å². The summed E-state index contributed by atoms with van der Waals surface area (Å²) in [6, 6.07) is 29.3. The van der Waals surface area contributed by atoms with E-state index >= 15 is 0 Å². The molecule has 0 saturated heterocycles. The second-order valence-electron chi connectivity index (χ2n) is 6.96. The highest BCUT2D eigenvalue weighted by atomic mass is 35.5. The van der Waals surface area contributed by atoms with Gasteiger partial charge in [0.1, 0.15) is 0 Å². The molecule has 0 aliphatic heterocycles. The van der Waals surface area contributed by atoms with Crippen molar-refractivity contribution in [3.63, 3.8) is 0 Å². The van der Waals surface area contributed by atoms with Crippen LogP contribution in [0.2, 0.25) is 0 Å². The predicted molar refractivity (Wildman–Crippen MR) is 122 cm³/mol. The molecule has 0 aromatic heterocycles. The largest absolute Gasteiger partial charge is 0.478 e. The first-order valence-electron chi connectivity index (χ1n) is 9.95. The van der Waals surface area contributed by atoms with Crippen LogP contribution in [-0.4, -0.2) is 24.2 Å². The maximum Gasteiger partial charge on any atom is 0.356 e. The van der Waals surface area contributed by atoms with Gasteiger partial charge in [-0.05, 0) is 17.5 Å². The molecule has 0 amide bonds. The molecule has 30 heavy (non-hydrogen) atoms. The summed E-state index contributed by atoms with van der Waals surface area (Å²) in [5, 5.41) is 13.4. The van der Waals surface area contributed by atoms with Crippen molar-refractivity contribution in [2.24, 2.45) is 0 Å². The molecule has 3 aromatic rings. The van der Waals surface area contributed by atoms with E-state index in [1.165, 1.54) is 0 Å². The van der Waals surface area contributed by atoms with E-state index in [0.717, 1.165) is 17.5 Å². The van der Waals surface area contributed by atoms with Gasteiger partial charge in [0.25, 0.3) is 0 Å². The number of aliphatic carboxylic acids is 1. The number of carboxylic acids is 1. The molecule has 0 fully saturated rings. The fraction of sp³-hybridized carbons (Fsp3) is 0.240. The van der Waals surface area contributed by atoms with E-state index in [1.807, 2.05) is 61.5 Å². The van der Waals surface area contributed by atoms with Crippen LogP contribution in [0, 0.1) is 0 Å². The lowest BCUT2D eigenvalue weighted by Crippen LogP contribution is -2.53. The van der Waals surface area contributed by atoms with E-state index in [4.69, 9.17) is 4.74 Å². The Balaban J connectivity index is 0.00000320. The maximum atomic E-state index is 12.4. The Morgan fingerprint density at radius 1 is 0.900 bits per heavy atom. The molecule has 158 valence electrons. The standard InChI is InChI=1S/C25H27NO3.ClH/c1-2-18-29-25(24(27)28,22-16-10-5-11-17-22)26-19-23(20-12-6-3-7-13-20)21-14-8-4-9-15-21;/h3-17,23,26H,2,18-19H2,1H3,(H,27,28);1H. The van der Waals surface area contributed by atoms with E-state index in [0.29, 0.717) is 18.7 Å². The second kappa shape index (κ2) is 11.5. The van der Waals surface area contributed by atoms with Crippen molar-refractivity contribution in [3.8, 4) is 0 Å². The highest BCUT2D eigenvalue weighted by molar-refractivity contribution is 5.85. The Morgan fingerprint density at radius 3 is 1.80 bits per heavy atom. The van der Waals surface area contributed by atoms with Gasteiger partial charge in [-0.1, -0.05) is 97.9 Å². The fourth-order valence-electron chi connectivity index (χ4n) is 3.47. The van der Waals surface area contributed by atoms with Crippen molar-refractivity contribution in [1.82, 2.24) is 5.32 Å². The summed E-state index contributed by atoms with van der Waals surface area (Å²) in [5.41, 5.74) is 1.22. The molecule has 3 aromatic carbocycles. The van der Waals surface area contributed by atoms with Crippen LogP contribution in [0.15, 0.2) is 91.0 Å². The topological polar surface area (TPSA) is 58.6 Å². The molecule has 3 rings (SSSR count). The SMILES string of the molecule is CCCOC(NCC(c1ccccc1)c1ccccc1)(C(=O)O)c1ccccc1.Cl. The molecule has 0 aliphatic rings. The first-order chi connectivity index (χ1) is 14.2. The van der Waals surface area contributed by atoms with Gasteiger partial charge in [0.05, 0.1) is 0 Å². The molecule has 4 nitrogen and oxygen atoms in total. The zero-order valence-corrected chi connectivity index (χ0v) is 17.8. The number of nitrogens with one attached hydrogen (secondary N) is 1. The molecule has 1 atom stereocenters. The first kappa shape index (κ1) is 23.6. The third-order valence-corrected chi connectivity index (χ3v) is 4.96. The van der Waals surface area contributed by atoms with E-state index in [9.17, 15) is 9.90 Å². The van der Waals surface area contributed by atoms with Gasteiger partial charge in [0.2, 0.25) is 5.72 Å². The summed E-state index contributed by atoms with van der Waals surface area (Å²) in [5.74, 6) is -1.05. The number of ether oxygens (including phenoxy) is 1. The Morgan fingerprint density at radius 2 is 1.37 bits per heavy atom. The van der Waals surface area contributed by atoms with Crippen LogP contribution >= 0.6 is 12.4 Å². The van der Waals surface area contributed by atoms with Gasteiger partial charge in [-0.3, -0.25) is 5.32 Å². The van der Waals surface area contributed by atoms with Crippen LogP contribution in [-0.2, 0) is 15.3 Å². The Hall–Kier alpha value is -2.66. The zero-order chi connectivity index (χ0) is 20.5. The van der Waals surface area contributed by atoms with E-state index in [2.05, 4.69) is 29.6 Å². The van der Waals surface area contributed by atoms with E-state index in [-0.39, 0.29) is 18.3 Å². The molecular formula is C25H28ClNO3. The third-order valence-electron chi connectivity index (χ3n) is 4.96. The normalized spacial score (nSPS) is 12.7. The van der Waals surface area contributed by atoms with Crippen molar-refractivity contribution in [3.05, 3.63) is 108 Å². The zero-order valence-electron chi connectivity index (χ0n) is 17.0. The van der Waals surface area contributed by atoms with Crippen LogP contribution in [0.5, 0.6) is 0 Å². The molecule has 0 heterocycles. The third kappa shape index (κ3) is 5.48. The minimum atomic E-state index is -1.60. The quantitative estimate of drug-likeness (QED) is 0.438. The monoisotopic (exact) mass is 425 g/mol. The molecule has 0 spiro atoms. The lowest BCUT2D eigenvalue weighted by atomic mass is 9.90. The molecule has 0 saturated carbocycles. The summed E-state index contributed by atoms with van der Waals surface area (Å²) < 4.78 is 5.94. The minimum Gasteiger partial charge on any atom is -0.478 e. The van der Waals surface area contributed by atoms with Gasteiger partial charge in [-0.15, -0.1) is 12.4 Å². The Bertz CT molecular complexity index is 851. The van der Waals surface area contributed by atoms with E-state index in [1.54, 1.807) is 12.1 Å². The summed E-state index contributed by atoms with van der Waals surface area (Å²) in [6.07, 6.45) is 0.727. The summed E-state index contributed by atoms with van der Waals surface area (Å²) >= 11 is 0. The Labute approximate surface area is 184 Å². The fourth-order valence-corrected chi connectivity index (χ4v) is 3.47. The summed E-state index contributed by atoms with van der Waals surface area (Å²) in [6.45, 7) is 2.73. The van der Waals surface area contributed by atoms with Gasteiger partial charge < -0.3 is 9.84 Å². The molecule has 0 radical (unpaired) electrons. The van der Waals surface area contributed by atoms with Gasteiger partial charge in [0, 0.05) is 24.6 Å². The van der Waals surface area contributed by atoms with Crippen LogP contribution in [0.3, 0.4) is 0 Å².